The van der Waals surface area contributed by atoms with Crippen LogP contribution in [0.5, 0.6) is 0 Å². The minimum Gasteiger partial charge on any atom is -0.0911 e. The zero-order valence-corrected chi connectivity index (χ0v) is 7.90. The van der Waals surface area contributed by atoms with Gasteiger partial charge in [-0.1, -0.05) is 48.6 Å². The fraction of sp³-hybridized carbons (Fsp3) is 0.231. The molecule has 1 aliphatic carbocycles. The molecule has 1 aromatic carbocycles. The lowest BCUT2D eigenvalue weighted by Gasteiger charge is -2.08. The van der Waals surface area contributed by atoms with Crippen LogP contribution in [0.15, 0.2) is 36.4 Å². The smallest absolute Gasteiger partial charge is 0.000954 e. The summed E-state index contributed by atoms with van der Waals surface area (Å²) < 4.78 is 0. The van der Waals surface area contributed by atoms with Crippen LogP contribution < -0.4 is 10.4 Å². The standard InChI is InChI=1S/C13H14/c1-2-5-11-8-9-12-6-3-4-7-13(12)10-11/h2-7,9-11H,8H2,1H3/b5-2+. The maximum Gasteiger partial charge on any atom is -0.000954 e. The van der Waals surface area contributed by atoms with Crippen LogP contribution in [0.4, 0.5) is 0 Å². The van der Waals surface area contributed by atoms with Gasteiger partial charge in [-0.05, 0) is 29.7 Å². The third-order valence-corrected chi connectivity index (χ3v) is 2.44. The summed E-state index contributed by atoms with van der Waals surface area (Å²) in [5, 5.41) is 2.75. The van der Waals surface area contributed by atoms with Gasteiger partial charge in [0.05, 0.1) is 0 Å². The Bertz CT molecular complexity index is 424. The van der Waals surface area contributed by atoms with Crippen molar-refractivity contribution >= 4 is 12.2 Å². The predicted octanol–water partition coefficient (Wildman–Crippen LogP) is 1.84. The first-order valence-corrected chi connectivity index (χ1v) is 4.80. The summed E-state index contributed by atoms with van der Waals surface area (Å²) in [5.74, 6) is 0.597. The lowest BCUT2D eigenvalue weighted by Crippen LogP contribution is -2.27. The van der Waals surface area contributed by atoms with Crippen molar-refractivity contribution in [3.8, 4) is 0 Å². The average Bonchev–Trinajstić information content (AvgIpc) is 2.18. The second kappa shape index (κ2) is 3.61. The summed E-state index contributed by atoms with van der Waals surface area (Å²) in [4.78, 5) is 0. The molecule has 0 radical (unpaired) electrons. The van der Waals surface area contributed by atoms with E-state index in [1.54, 1.807) is 0 Å². The van der Waals surface area contributed by atoms with Gasteiger partial charge in [0.2, 0.25) is 0 Å². The van der Waals surface area contributed by atoms with Crippen LogP contribution in [-0.4, -0.2) is 0 Å². The minimum atomic E-state index is 0.597. The maximum absolute atomic E-state index is 2.34. The van der Waals surface area contributed by atoms with Gasteiger partial charge in [0.1, 0.15) is 0 Å². The average molecular weight is 170 g/mol. The lowest BCUT2D eigenvalue weighted by atomic mass is 9.97. The van der Waals surface area contributed by atoms with Gasteiger partial charge in [-0.3, -0.25) is 0 Å². The molecule has 0 spiro atoms. The first-order valence-electron chi connectivity index (χ1n) is 4.80. The number of benzene rings is 1. The fourth-order valence-corrected chi connectivity index (χ4v) is 1.79. The molecule has 0 heterocycles. The van der Waals surface area contributed by atoms with Crippen molar-refractivity contribution in [2.45, 2.75) is 13.3 Å². The van der Waals surface area contributed by atoms with E-state index in [1.807, 2.05) is 0 Å². The molecule has 0 heteroatoms. The SMILES string of the molecule is C/C=C/C1C=c2ccccc2=CC1. The zero-order valence-electron chi connectivity index (χ0n) is 7.90. The van der Waals surface area contributed by atoms with E-state index in [2.05, 4.69) is 55.5 Å². The van der Waals surface area contributed by atoms with E-state index in [0.29, 0.717) is 5.92 Å². The van der Waals surface area contributed by atoms with E-state index in [1.165, 1.54) is 10.4 Å². The van der Waals surface area contributed by atoms with Crippen molar-refractivity contribution in [1.29, 1.82) is 0 Å². The highest BCUT2D eigenvalue weighted by Gasteiger charge is 2.01. The Labute approximate surface area is 78.9 Å². The molecule has 0 bridgehead atoms. The molecule has 1 atom stereocenters. The number of fused-ring (bicyclic) bond motifs is 1. The van der Waals surface area contributed by atoms with Gasteiger partial charge in [0.25, 0.3) is 0 Å². The third kappa shape index (κ3) is 1.72. The highest BCUT2D eigenvalue weighted by molar-refractivity contribution is 5.42. The van der Waals surface area contributed by atoms with Gasteiger partial charge in [0.15, 0.2) is 0 Å². The molecule has 0 amide bonds. The number of allylic oxidation sites excluding steroid dienone is 2. The van der Waals surface area contributed by atoms with Gasteiger partial charge in [-0.25, -0.2) is 0 Å². The van der Waals surface area contributed by atoms with Gasteiger partial charge in [-0.15, -0.1) is 0 Å². The van der Waals surface area contributed by atoms with Gasteiger partial charge < -0.3 is 0 Å². The zero-order chi connectivity index (χ0) is 9.10. The van der Waals surface area contributed by atoms with E-state index < -0.39 is 0 Å². The first-order chi connectivity index (χ1) is 6.40. The molecule has 0 saturated carbocycles. The maximum atomic E-state index is 2.34. The molecule has 1 unspecified atom stereocenters. The minimum absolute atomic E-state index is 0.597. The molecule has 13 heavy (non-hydrogen) atoms. The van der Waals surface area contributed by atoms with E-state index in [9.17, 15) is 0 Å². The Hall–Kier alpha value is -1.30. The van der Waals surface area contributed by atoms with Crippen LogP contribution in [0.3, 0.4) is 0 Å². The second-order valence-electron chi connectivity index (χ2n) is 3.43. The van der Waals surface area contributed by atoms with Crippen LogP contribution in [0.25, 0.3) is 12.2 Å². The second-order valence-corrected chi connectivity index (χ2v) is 3.43. The van der Waals surface area contributed by atoms with Crippen LogP contribution in [-0.2, 0) is 0 Å². The number of hydrogen-bond acceptors (Lipinski definition) is 0. The summed E-state index contributed by atoms with van der Waals surface area (Å²) in [6.45, 7) is 2.08. The van der Waals surface area contributed by atoms with Crippen molar-refractivity contribution in [2.24, 2.45) is 5.92 Å². The molecule has 0 aliphatic heterocycles. The van der Waals surface area contributed by atoms with Crippen molar-refractivity contribution in [3.05, 3.63) is 46.9 Å². The molecule has 0 saturated heterocycles. The van der Waals surface area contributed by atoms with Crippen LogP contribution in [0.1, 0.15) is 13.3 Å². The van der Waals surface area contributed by atoms with Crippen LogP contribution in [0, 0.1) is 5.92 Å². The summed E-state index contributed by atoms with van der Waals surface area (Å²) in [6.07, 6.45) is 10.2. The molecular formula is C13H14. The lowest BCUT2D eigenvalue weighted by molar-refractivity contribution is 0.891. The van der Waals surface area contributed by atoms with E-state index in [4.69, 9.17) is 0 Å². The first kappa shape index (κ1) is 8.31. The summed E-state index contributed by atoms with van der Waals surface area (Å²) in [6, 6.07) is 8.56. The summed E-state index contributed by atoms with van der Waals surface area (Å²) >= 11 is 0. The summed E-state index contributed by atoms with van der Waals surface area (Å²) in [5.41, 5.74) is 0. The Kier molecular flexibility index (Phi) is 2.31. The number of hydrogen-bond donors (Lipinski definition) is 0. The highest BCUT2D eigenvalue weighted by Crippen LogP contribution is 2.09. The van der Waals surface area contributed by atoms with Crippen LogP contribution in [0.2, 0.25) is 0 Å². The quantitative estimate of drug-likeness (QED) is 0.564. The monoisotopic (exact) mass is 170 g/mol. The fourth-order valence-electron chi connectivity index (χ4n) is 1.79. The summed E-state index contributed by atoms with van der Waals surface area (Å²) in [7, 11) is 0. The largest absolute Gasteiger partial charge is 0.0911 e. The van der Waals surface area contributed by atoms with Gasteiger partial charge >= 0.3 is 0 Å². The normalized spacial score (nSPS) is 20.5. The number of rotatable bonds is 1. The van der Waals surface area contributed by atoms with Gasteiger partial charge in [-0.2, -0.15) is 0 Å². The Balaban J connectivity index is 2.49. The molecule has 0 N–H and O–H groups in total. The Morgan fingerprint density at radius 1 is 1.23 bits per heavy atom. The molecule has 0 nitrogen and oxygen atoms in total. The van der Waals surface area contributed by atoms with E-state index in [0.717, 1.165) is 6.42 Å². The van der Waals surface area contributed by atoms with E-state index in [-0.39, 0.29) is 0 Å². The molecule has 0 fully saturated rings. The molecular weight excluding hydrogens is 156 g/mol. The molecule has 1 aromatic rings. The molecule has 1 aliphatic rings. The molecule has 66 valence electrons. The topological polar surface area (TPSA) is 0 Å². The van der Waals surface area contributed by atoms with Crippen molar-refractivity contribution in [2.75, 3.05) is 0 Å². The molecule has 0 aromatic heterocycles. The Morgan fingerprint density at radius 2 is 2.00 bits per heavy atom. The Morgan fingerprint density at radius 3 is 2.77 bits per heavy atom. The predicted molar refractivity (Wildman–Crippen MR) is 57.5 cm³/mol. The highest BCUT2D eigenvalue weighted by atomic mass is 14.1. The molecule has 2 rings (SSSR count). The van der Waals surface area contributed by atoms with E-state index >= 15 is 0 Å². The van der Waals surface area contributed by atoms with Gasteiger partial charge in [0, 0.05) is 0 Å². The van der Waals surface area contributed by atoms with Crippen molar-refractivity contribution in [3.63, 3.8) is 0 Å². The third-order valence-electron chi connectivity index (χ3n) is 2.44. The van der Waals surface area contributed by atoms with Crippen LogP contribution >= 0.6 is 0 Å². The van der Waals surface area contributed by atoms with Crippen molar-refractivity contribution < 1.29 is 0 Å². The van der Waals surface area contributed by atoms with Crippen molar-refractivity contribution in [1.82, 2.24) is 0 Å².